The summed E-state index contributed by atoms with van der Waals surface area (Å²) in [6, 6.07) is 0. The zero-order valence-corrected chi connectivity index (χ0v) is 7.62. The van der Waals surface area contributed by atoms with Gasteiger partial charge in [-0.05, 0) is 6.42 Å². The summed E-state index contributed by atoms with van der Waals surface area (Å²) in [6.07, 6.45) is 3.99. The summed E-state index contributed by atoms with van der Waals surface area (Å²) in [5, 5.41) is 8.42. The highest BCUT2D eigenvalue weighted by atomic mass is 16.4. The van der Waals surface area contributed by atoms with Crippen LogP contribution in [0.25, 0.3) is 0 Å². The Balaban J connectivity index is 2.44. The molecule has 1 rings (SSSR count). The third-order valence-corrected chi connectivity index (χ3v) is 1.65. The number of aliphatic carboxylic acids is 1. The number of aromatic nitrogens is 1. The fraction of sp³-hybridized carbons (Fsp3) is 0.556. The van der Waals surface area contributed by atoms with Crippen LogP contribution in [-0.4, -0.2) is 16.1 Å². The number of hydrogen-bond acceptors (Lipinski definition) is 3. The quantitative estimate of drug-likeness (QED) is 0.753. The van der Waals surface area contributed by atoms with E-state index in [-0.39, 0.29) is 6.42 Å². The first-order valence-corrected chi connectivity index (χ1v) is 4.37. The molecule has 0 fully saturated rings. The van der Waals surface area contributed by atoms with Gasteiger partial charge in [-0.2, -0.15) is 0 Å². The lowest BCUT2D eigenvalue weighted by Crippen LogP contribution is -1.97. The fourth-order valence-corrected chi connectivity index (χ4v) is 1.04. The van der Waals surface area contributed by atoms with Crippen LogP contribution in [0, 0.1) is 0 Å². The summed E-state index contributed by atoms with van der Waals surface area (Å²) < 4.78 is 5.30. The van der Waals surface area contributed by atoms with Crippen molar-refractivity contribution in [3.05, 3.63) is 17.8 Å². The summed E-state index contributed by atoms with van der Waals surface area (Å²) in [5.74, 6) is 0.531. The van der Waals surface area contributed by atoms with Gasteiger partial charge in [-0.3, -0.25) is 4.79 Å². The molecule has 1 aromatic heterocycles. The molecule has 0 spiro atoms. The highest BCUT2D eigenvalue weighted by molar-refractivity contribution is 5.66. The summed E-state index contributed by atoms with van der Waals surface area (Å²) >= 11 is 0. The second kappa shape index (κ2) is 4.64. The highest BCUT2D eigenvalue weighted by Gasteiger charge is 2.05. The predicted octanol–water partition coefficient (Wildman–Crippen LogP) is 1.64. The molecule has 0 aliphatic heterocycles. The van der Waals surface area contributed by atoms with Crippen molar-refractivity contribution in [2.75, 3.05) is 0 Å². The first-order valence-electron chi connectivity index (χ1n) is 4.37. The molecule has 0 aliphatic carbocycles. The van der Waals surface area contributed by atoms with Gasteiger partial charge in [0.15, 0.2) is 5.89 Å². The van der Waals surface area contributed by atoms with Gasteiger partial charge in [-0.15, -0.1) is 0 Å². The van der Waals surface area contributed by atoms with Crippen molar-refractivity contribution in [3.63, 3.8) is 0 Å². The van der Waals surface area contributed by atoms with E-state index in [1.807, 2.05) is 0 Å². The SMILES string of the molecule is CCCc1cnc(CCC(=O)O)o1. The summed E-state index contributed by atoms with van der Waals surface area (Å²) in [6.45, 7) is 2.06. The number of rotatable bonds is 5. The average molecular weight is 183 g/mol. The van der Waals surface area contributed by atoms with Gasteiger partial charge in [0.2, 0.25) is 0 Å². The number of carbonyl (C=O) groups is 1. The Hall–Kier alpha value is -1.32. The minimum Gasteiger partial charge on any atom is -0.481 e. The zero-order valence-electron chi connectivity index (χ0n) is 7.62. The monoisotopic (exact) mass is 183 g/mol. The Kier molecular flexibility index (Phi) is 3.49. The molecule has 0 amide bonds. The van der Waals surface area contributed by atoms with Crippen molar-refractivity contribution in [3.8, 4) is 0 Å². The number of carboxylic acids is 1. The summed E-state index contributed by atoms with van der Waals surface area (Å²) in [5.41, 5.74) is 0. The second-order valence-electron chi connectivity index (χ2n) is 2.86. The minimum absolute atomic E-state index is 0.0755. The van der Waals surface area contributed by atoms with Crippen LogP contribution in [-0.2, 0) is 17.6 Å². The lowest BCUT2D eigenvalue weighted by atomic mass is 10.3. The standard InChI is InChI=1S/C9H13NO3/c1-2-3-7-6-10-8(13-7)4-5-9(11)12/h6H,2-5H2,1H3,(H,11,12). The fourth-order valence-electron chi connectivity index (χ4n) is 1.04. The van der Waals surface area contributed by atoms with E-state index in [2.05, 4.69) is 11.9 Å². The van der Waals surface area contributed by atoms with E-state index in [0.29, 0.717) is 12.3 Å². The van der Waals surface area contributed by atoms with Crippen LogP contribution < -0.4 is 0 Å². The summed E-state index contributed by atoms with van der Waals surface area (Å²) in [4.78, 5) is 14.2. The van der Waals surface area contributed by atoms with Gasteiger partial charge in [0.1, 0.15) is 5.76 Å². The molecular weight excluding hydrogens is 170 g/mol. The van der Waals surface area contributed by atoms with Crippen molar-refractivity contribution < 1.29 is 14.3 Å². The van der Waals surface area contributed by atoms with E-state index in [4.69, 9.17) is 9.52 Å². The van der Waals surface area contributed by atoms with Crippen molar-refractivity contribution in [1.29, 1.82) is 0 Å². The molecule has 0 aliphatic rings. The molecule has 72 valence electrons. The molecule has 0 unspecified atom stereocenters. The third-order valence-electron chi connectivity index (χ3n) is 1.65. The smallest absolute Gasteiger partial charge is 0.303 e. The second-order valence-corrected chi connectivity index (χ2v) is 2.86. The number of hydrogen-bond donors (Lipinski definition) is 1. The normalized spacial score (nSPS) is 10.2. The molecule has 1 aromatic rings. The van der Waals surface area contributed by atoms with E-state index in [0.717, 1.165) is 18.6 Å². The predicted molar refractivity (Wildman–Crippen MR) is 46.5 cm³/mol. The van der Waals surface area contributed by atoms with E-state index >= 15 is 0 Å². The molecular formula is C9H13NO3. The average Bonchev–Trinajstić information content (AvgIpc) is 2.50. The topological polar surface area (TPSA) is 63.3 Å². The molecule has 13 heavy (non-hydrogen) atoms. The zero-order chi connectivity index (χ0) is 9.68. The number of aryl methyl sites for hydroxylation is 2. The lowest BCUT2D eigenvalue weighted by Gasteiger charge is -1.91. The molecule has 0 atom stereocenters. The van der Waals surface area contributed by atoms with E-state index in [1.54, 1.807) is 6.20 Å². The largest absolute Gasteiger partial charge is 0.481 e. The Morgan fingerprint density at radius 2 is 2.38 bits per heavy atom. The third kappa shape index (κ3) is 3.27. The van der Waals surface area contributed by atoms with Gasteiger partial charge in [0, 0.05) is 12.8 Å². The molecule has 1 N–H and O–H groups in total. The molecule has 0 saturated heterocycles. The van der Waals surface area contributed by atoms with Crippen molar-refractivity contribution >= 4 is 5.97 Å². The summed E-state index contributed by atoms with van der Waals surface area (Å²) in [7, 11) is 0. The van der Waals surface area contributed by atoms with Crippen LogP contribution in [0.2, 0.25) is 0 Å². The maximum absolute atomic E-state index is 10.2. The maximum Gasteiger partial charge on any atom is 0.303 e. The van der Waals surface area contributed by atoms with Crippen molar-refractivity contribution in [2.24, 2.45) is 0 Å². The minimum atomic E-state index is -0.824. The number of oxazole rings is 1. The number of nitrogens with zero attached hydrogens (tertiary/aromatic N) is 1. The molecule has 0 saturated carbocycles. The maximum atomic E-state index is 10.2. The molecule has 0 bridgehead atoms. The van der Waals surface area contributed by atoms with E-state index in [1.165, 1.54) is 0 Å². The molecule has 1 heterocycles. The Bertz CT molecular complexity index is 280. The van der Waals surface area contributed by atoms with Gasteiger partial charge in [-0.25, -0.2) is 4.98 Å². The first-order chi connectivity index (χ1) is 6.22. The Labute approximate surface area is 76.6 Å². The van der Waals surface area contributed by atoms with Crippen LogP contribution in [0.15, 0.2) is 10.6 Å². The van der Waals surface area contributed by atoms with Gasteiger partial charge in [0.05, 0.1) is 12.6 Å². The van der Waals surface area contributed by atoms with E-state index in [9.17, 15) is 4.79 Å². The van der Waals surface area contributed by atoms with Gasteiger partial charge in [-0.1, -0.05) is 6.92 Å². The highest BCUT2D eigenvalue weighted by Crippen LogP contribution is 2.07. The van der Waals surface area contributed by atoms with Crippen molar-refractivity contribution in [1.82, 2.24) is 4.98 Å². The van der Waals surface area contributed by atoms with Crippen LogP contribution in [0.5, 0.6) is 0 Å². The lowest BCUT2D eigenvalue weighted by molar-refractivity contribution is -0.137. The Morgan fingerprint density at radius 1 is 1.62 bits per heavy atom. The van der Waals surface area contributed by atoms with Crippen LogP contribution in [0.3, 0.4) is 0 Å². The van der Waals surface area contributed by atoms with Gasteiger partial charge < -0.3 is 9.52 Å². The molecule has 0 radical (unpaired) electrons. The van der Waals surface area contributed by atoms with Crippen LogP contribution in [0.4, 0.5) is 0 Å². The van der Waals surface area contributed by atoms with Crippen molar-refractivity contribution in [2.45, 2.75) is 32.6 Å². The molecule has 4 heteroatoms. The first kappa shape index (κ1) is 9.77. The van der Waals surface area contributed by atoms with E-state index < -0.39 is 5.97 Å². The van der Waals surface area contributed by atoms with Crippen LogP contribution >= 0.6 is 0 Å². The van der Waals surface area contributed by atoms with Crippen LogP contribution in [0.1, 0.15) is 31.4 Å². The Morgan fingerprint density at radius 3 is 3.00 bits per heavy atom. The van der Waals surface area contributed by atoms with Gasteiger partial charge in [0.25, 0.3) is 0 Å². The van der Waals surface area contributed by atoms with Gasteiger partial charge >= 0.3 is 5.97 Å². The number of carboxylic acid groups (broad SMARTS) is 1. The molecule has 4 nitrogen and oxygen atoms in total. The molecule has 0 aromatic carbocycles.